The monoisotopic (exact) mass is 379 g/mol. The SMILES string of the molecule is CCN(C)c1ccc(C(=O)N[C@H](Cc2c[nH]c3ccccc23)C(=O)OC)cc1. The number of hydrogen-bond acceptors (Lipinski definition) is 4. The Morgan fingerprint density at radius 1 is 1.14 bits per heavy atom. The number of benzene rings is 2. The lowest BCUT2D eigenvalue weighted by molar-refractivity contribution is -0.142. The van der Waals surface area contributed by atoms with Gasteiger partial charge in [0.05, 0.1) is 7.11 Å². The molecule has 3 aromatic rings. The lowest BCUT2D eigenvalue weighted by atomic mass is 10.0. The summed E-state index contributed by atoms with van der Waals surface area (Å²) in [4.78, 5) is 30.2. The molecule has 0 aliphatic heterocycles. The molecule has 0 spiro atoms. The van der Waals surface area contributed by atoms with Crippen molar-refractivity contribution in [2.75, 3.05) is 25.6 Å². The first-order chi connectivity index (χ1) is 13.5. The second-order valence-electron chi connectivity index (χ2n) is 6.67. The Balaban J connectivity index is 1.77. The third-order valence-corrected chi connectivity index (χ3v) is 4.93. The van der Waals surface area contributed by atoms with Gasteiger partial charge in [-0.25, -0.2) is 4.79 Å². The van der Waals surface area contributed by atoms with Gasteiger partial charge < -0.3 is 19.9 Å². The summed E-state index contributed by atoms with van der Waals surface area (Å²) in [5, 5.41) is 3.83. The molecule has 0 unspecified atom stereocenters. The number of aromatic nitrogens is 1. The number of carbonyl (C=O) groups is 2. The molecule has 2 N–H and O–H groups in total. The minimum Gasteiger partial charge on any atom is -0.467 e. The van der Waals surface area contributed by atoms with Crippen LogP contribution in [-0.4, -0.2) is 43.6 Å². The minimum atomic E-state index is -0.769. The van der Waals surface area contributed by atoms with Crippen molar-refractivity contribution in [3.8, 4) is 0 Å². The predicted octanol–water partition coefficient (Wildman–Crippen LogP) is 3.14. The number of para-hydroxylation sites is 1. The molecule has 146 valence electrons. The number of carbonyl (C=O) groups excluding carboxylic acids is 2. The average molecular weight is 379 g/mol. The maximum absolute atomic E-state index is 12.7. The first kappa shape index (κ1) is 19.5. The van der Waals surface area contributed by atoms with E-state index in [1.54, 1.807) is 12.1 Å². The Kier molecular flexibility index (Phi) is 5.99. The van der Waals surface area contributed by atoms with Crippen molar-refractivity contribution < 1.29 is 14.3 Å². The molecule has 0 saturated carbocycles. The number of nitrogens with one attached hydrogen (secondary N) is 2. The quantitative estimate of drug-likeness (QED) is 0.619. The fourth-order valence-corrected chi connectivity index (χ4v) is 3.15. The van der Waals surface area contributed by atoms with Crippen LogP contribution in [0.15, 0.2) is 54.7 Å². The Hall–Kier alpha value is -3.28. The van der Waals surface area contributed by atoms with Gasteiger partial charge in [-0.1, -0.05) is 18.2 Å². The molecule has 0 saturated heterocycles. The number of nitrogens with zero attached hydrogens (tertiary/aromatic N) is 1. The van der Waals surface area contributed by atoms with Crippen molar-refractivity contribution >= 4 is 28.5 Å². The van der Waals surface area contributed by atoms with Gasteiger partial charge in [0.1, 0.15) is 6.04 Å². The molecule has 28 heavy (non-hydrogen) atoms. The topological polar surface area (TPSA) is 74.4 Å². The maximum Gasteiger partial charge on any atom is 0.328 e. The predicted molar refractivity (Wildman–Crippen MR) is 111 cm³/mol. The Morgan fingerprint density at radius 3 is 2.54 bits per heavy atom. The minimum absolute atomic E-state index is 0.305. The number of amides is 1. The van der Waals surface area contributed by atoms with Crippen molar-refractivity contribution in [2.24, 2.45) is 0 Å². The van der Waals surface area contributed by atoms with Crippen LogP contribution in [0.4, 0.5) is 5.69 Å². The lowest BCUT2D eigenvalue weighted by Gasteiger charge is -2.18. The number of fused-ring (bicyclic) bond motifs is 1. The number of H-pyrrole nitrogens is 1. The summed E-state index contributed by atoms with van der Waals surface area (Å²) in [6, 6.07) is 14.4. The molecular weight excluding hydrogens is 354 g/mol. The number of methoxy groups -OCH3 is 1. The number of esters is 1. The van der Waals surface area contributed by atoms with E-state index in [2.05, 4.69) is 22.1 Å². The van der Waals surface area contributed by atoms with Gasteiger partial charge in [0.15, 0.2) is 0 Å². The van der Waals surface area contributed by atoms with Gasteiger partial charge in [-0.15, -0.1) is 0 Å². The van der Waals surface area contributed by atoms with Gasteiger partial charge in [-0.05, 0) is 42.8 Å². The second kappa shape index (κ2) is 8.61. The number of anilines is 1. The van der Waals surface area contributed by atoms with E-state index < -0.39 is 12.0 Å². The van der Waals surface area contributed by atoms with E-state index in [0.717, 1.165) is 28.7 Å². The summed E-state index contributed by atoms with van der Waals surface area (Å²) in [5.74, 6) is -0.776. The van der Waals surface area contributed by atoms with Crippen molar-refractivity contribution in [3.05, 3.63) is 65.9 Å². The molecule has 1 atom stereocenters. The Labute approximate surface area is 164 Å². The van der Waals surface area contributed by atoms with Gasteiger partial charge in [0.25, 0.3) is 5.91 Å². The van der Waals surface area contributed by atoms with Crippen LogP contribution in [0.25, 0.3) is 10.9 Å². The van der Waals surface area contributed by atoms with Crippen LogP contribution in [0, 0.1) is 0 Å². The lowest BCUT2D eigenvalue weighted by Crippen LogP contribution is -2.43. The van der Waals surface area contributed by atoms with Crippen molar-refractivity contribution in [1.82, 2.24) is 10.3 Å². The van der Waals surface area contributed by atoms with Crippen LogP contribution in [0.2, 0.25) is 0 Å². The van der Waals surface area contributed by atoms with Gasteiger partial charge in [-0.3, -0.25) is 4.79 Å². The number of aromatic amines is 1. The first-order valence-corrected chi connectivity index (χ1v) is 9.28. The molecule has 0 fully saturated rings. The summed E-state index contributed by atoms with van der Waals surface area (Å²) < 4.78 is 4.90. The van der Waals surface area contributed by atoms with Crippen LogP contribution >= 0.6 is 0 Å². The van der Waals surface area contributed by atoms with Gasteiger partial charge >= 0.3 is 5.97 Å². The molecule has 0 radical (unpaired) electrons. The highest BCUT2D eigenvalue weighted by Gasteiger charge is 2.24. The van der Waals surface area contributed by atoms with Crippen molar-refractivity contribution in [1.29, 1.82) is 0 Å². The molecule has 1 heterocycles. The Morgan fingerprint density at radius 2 is 1.86 bits per heavy atom. The van der Waals surface area contributed by atoms with E-state index in [1.807, 2.05) is 49.6 Å². The van der Waals surface area contributed by atoms with Crippen molar-refractivity contribution in [2.45, 2.75) is 19.4 Å². The molecule has 6 heteroatoms. The van der Waals surface area contributed by atoms with Crippen LogP contribution in [-0.2, 0) is 16.0 Å². The van der Waals surface area contributed by atoms with E-state index in [4.69, 9.17) is 4.74 Å². The molecule has 3 rings (SSSR count). The van der Waals surface area contributed by atoms with Gasteiger partial charge in [0.2, 0.25) is 0 Å². The second-order valence-corrected chi connectivity index (χ2v) is 6.67. The largest absolute Gasteiger partial charge is 0.467 e. The van der Waals surface area contributed by atoms with E-state index in [1.165, 1.54) is 7.11 Å². The normalized spacial score (nSPS) is 11.8. The zero-order valence-electron chi connectivity index (χ0n) is 16.4. The number of rotatable bonds is 7. The number of hydrogen-bond donors (Lipinski definition) is 2. The molecule has 0 aliphatic carbocycles. The van der Waals surface area contributed by atoms with E-state index >= 15 is 0 Å². The van der Waals surface area contributed by atoms with Crippen LogP contribution in [0.5, 0.6) is 0 Å². The standard InChI is InChI=1S/C22H25N3O3/c1-4-25(2)17-11-9-15(10-12-17)21(26)24-20(22(27)28-3)13-16-14-23-19-8-6-5-7-18(16)19/h5-12,14,20,23H,4,13H2,1-3H3,(H,24,26)/t20-/m1/s1. The smallest absolute Gasteiger partial charge is 0.328 e. The highest BCUT2D eigenvalue weighted by molar-refractivity contribution is 5.97. The fourth-order valence-electron chi connectivity index (χ4n) is 3.15. The summed E-state index contributed by atoms with van der Waals surface area (Å²) in [7, 11) is 3.32. The molecule has 1 aromatic heterocycles. The summed E-state index contributed by atoms with van der Waals surface area (Å²) in [6.07, 6.45) is 2.21. The summed E-state index contributed by atoms with van der Waals surface area (Å²) >= 11 is 0. The molecular formula is C22H25N3O3. The molecule has 2 aromatic carbocycles. The highest BCUT2D eigenvalue weighted by atomic mass is 16.5. The van der Waals surface area contributed by atoms with Crippen molar-refractivity contribution in [3.63, 3.8) is 0 Å². The molecule has 6 nitrogen and oxygen atoms in total. The van der Waals surface area contributed by atoms with Crippen LogP contribution < -0.4 is 10.2 Å². The Bertz CT molecular complexity index is 963. The third-order valence-electron chi connectivity index (χ3n) is 4.93. The molecule has 0 aliphatic rings. The van der Waals surface area contributed by atoms with Crippen LogP contribution in [0.1, 0.15) is 22.8 Å². The van der Waals surface area contributed by atoms with Gasteiger partial charge in [-0.2, -0.15) is 0 Å². The van der Waals surface area contributed by atoms with Crippen LogP contribution in [0.3, 0.4) is 0 Å². The third kappa shape index (κ3) is 4.17. The van der Waals surface area contributed by atoms with E-state index in [0.29, 0.717) is 12.0 Å². The first-order valence-electron chi connectivity index (χ1n) is 9.28. The number of ether oxygens (including phenoxy) is 1. The average Bonchev–Trinajstić information content (AvgIpc) is 3.15. The zero-order chi connectivity index (χ0) is 20.1. The fraction of sp³-hybridized carbons (Fsp3) is 0.273. The molecule has 1 amide bonds. The van der Waals surface area contributed by atoms with E-state index in [9.17, 15) is 9.59 Å². The highest BCUT2D eigenvalue weighted by Crippen LogP contribution is 2.20. The van der Waals surface area contributed by atoms with Gasteiger partial charge in [0, 0.05) is 48.4 Å². The van der Waals surface area contributed by atoms with E-state index in [-0.39, 0.29) is 5.91 Å². The molecule has 0 bridgehead atoms. The maximum atomic E-state index is 12.7. The summed E-state index contributed by atoms with van der Waals surface area (Å²) in [5.41, 5.74) is 3.47. The summed E-state index contributed by atoms with van der Waals surface area (Å²) in [6.45, 7) is 2.94. The zero-order valence-corrected chi connectivity index (χ0v) is 16.4.